The van der Waals surface area contributed by atoms with E-state index in [9.17, 15) is 14.3 Å². The van der Waals surface area contributed by atoms with Gasteiger partial charge in [0.05, 0.1) is 0 Å². The van der Waals surface area contributed by atoms with Gasteiger partial charge in [0.25, 0.3) is 0 Å². The maximum absolute atomic E-state index is 13.5. The van der Waals surface area contributed by atoms with Crippen molar-refractivity contribution in [2.75, 3.05) is 0 Å². The van der Waals surface area contributed by atoms with Crippen molar-refractivity contribution in [3.8, 4) is 5.75 Å². The van der Waals surface area contributed by atoms with Crippen LogP contribution in [0.1, 0.15) is 77.8 Å². The molecule has 0 aliphatic heterocycles. The second kappa shape index (κ2) is 8.76. The van der Waals surface area contributed by atoms with Gasteiger partial charge in [-0.25, -0.2) is 4.39 Å². The van der Waals surface area contributed by atoms with Crippen LogP contribution in [0.5, 0.6) is 5.75 Å². The van der Waals surface area contributed by atoms with E-state index in [0.717, 1.165) is 55.2 Å². The summed E-state index contributed by atoms with van der Waals surface area (Å²) in [6.45, 7) is 4.06. The number of phenolic OH excluding ortho intramolecular Hbond substituents is 1. The van der Waals surface area contributed by atoms with Crippen LogP contribution >= 0.6 is 0 Å². The van der Waals surface area contributed by atoms with Crippen molar-refractivity contribution in [2.24, 2.45) is 0 Å². The molecule has 28 heavy (non-hydrogen) atoms. The molecule has 0 amide bonds. The minimum Gasteiger partial charge on any atom is -0.507 e. The summed E-state index contributed by atoms with van der Waals surface area (Å²) in [6, 6.07) is 6.58. The number of carboxylic acid groups (broad SMARTS) is 1. The van der Waals surface area contributed by atoms with E-state index in [0.29, 0.717) is 12.2 Å². The lowest BCUT2D eigenvalue weighted by molar-refractivity contribution is -0.137. The first kappa shape index (κ1) is 20.4. The fraction of sp³-hybridized carbons (Fsp3) is 0.458. The van der Waals surface area contributed by atoms with E-state index in [2.05, 4.69) is 6.92 Å². The van der Waals surface area contributed by atoms with E-state index in [-0.39, 0.29) is 18.2 Å². The molecule has 0 fully saturated rings. The van der Waals surface area contributed by atoms with Crippen LogP contribution in [0.15, 0.2) is 24.3 Å². The zero-order valence-corrected chi connectivity index (χ0v) is 16.7. The maximum Gasteiger partial charge on any atom is 0.303 e. The highest BCUT2D eigenvalue weighted by molar-refractivity contribution is 5.66. The van der Waals surface area contributed by atoms with Gasteiger partial charge in [-0.1, -0.05) is 25.0 Å². The second-order valence-corrected chi connectivity index (χ2v) is 7.92. The van der Waals surface area contributed by atoms with Gasteiger partial charge in [0.1, 0.15) is 11.6 Å². The van der Waals surface area contributed by atoms with E-state index in [1.165, 1.54) is 28.8 Å². The van der Waals surface area contributed by atoms with E-state index in [4.69, 9.17) is 5.11 Å². The highest BCUT2D eigenvalue weighted by Gasteiger charge is 2.28. The summed E-state index contributed by atoms with van der Waals surface area (Å²) >= 11 is 0. The molecule has 2 aromatic rings. The number of carbonyl (C=O) groups is 1. The van der Waals surface area contributed by atoms with Gasteiger partial charge >= 0.3 is 5.97 Å². The smallest absolute Gasteiger partial charge is 0.303 e. The molecule has 2 N–H and O–H groups in total. The number of aliphatic carboxylic acids is 1. The molecule has 0 heterocycles. The highest BCUT2D eigenvalue weighted by Crippen LogP contribution is 2.45. The molecule has 1 unspecified atom stereocenters. The molecule has 2 aromatic carbocycles. The number of aromatic hydroxyl groups is 1. The molecule has 1 aliphatic rings. The van der Waals surface area contributed by atoms with E-state index >= 15 is 0 Å². The quantitative estimate of drug-likeness (QED) is 0.565. The lowest BCUT2D eigenvalue weighted by Crippen LogP contribution is -2.08. The standard InChI is InChI=1S/C24H29FO3/c1-15-16(2)24(28)23(21-9-6-8-19(15)21)20(7-4-3-5-10-22(26)27)17-11-13-18(25)14-12-17/h11-14,20,28H,3-10H2,1-2H3,(H,26,27). The van der Waals surface area contributed by atoms with Crippen LogP contribution in [0, 0.1) is 19.7 Å². The molecule has 3 rings (SSSR count). The predicted molar refractivity (Wildman–Crippen MR) is 109 cm³/mol. The molecule has 1 aliphatic carbocycles. The summed E-state index contributed by atoms with van der Waals surface area (Å²) in [5.41, 5.74) is 6.76. The Morgan fingerprint density at radius 2 is 1.71 bits per heavy atom. The van der Waals surface area contributed by atoms with Gasteiger partial charge in [0.15, 0.2) is 0 Å². The van der Waals surface area contributed by atoms with E-state index in [1.54, 1.807) is 0 Å². The topological polar surface area (TPSA) is 57.5 Å². The third-order valence-electron chi connectivity index (χ3n) is 6.17. The highest BCUT2D eigenvalue weighted by atomic mass is 19.1. The Balaban J connectivity index is 1.95. The van der Waals surface area contributed by atoms with Crippen molar-refractivity contribution in [1.29, 1.82) is 0 Å². The van der Waals surface area contributed by atoms with Crippen LogP contribution in [-0.4, -0.2) is 16.2 Å². The summed E-state index contributed by atoms with van der Waals surface area (Å²) in [5, 5.41) is 19.9. The van der Waals surface area contributed by atoms with E-state index in [1.807, 2.05) is 19.1 Å². The average molecular weight is 384 g/mol. The predicted octanol–water partition coefficient (Wildman–Crippen LogP) is 5.80. The fourth-order valence-corrected chi connectivity index (χ4v) is 4.55. The lowest BCUT2D eigenvalue weighted by atomic mass is 9.80. The number of benzene rings is 2. The Labute approximate surface area is 166 Å². The maximum atomic E-state index is 13.5. The van der Waals surface area contributed by atoms with Gasteiger partial charge < -0.3 is 10.2 Å². The first-order valence-electron chi connectivity index (χ1n) is 10.2. The molecule has 150 valence electrons. The number of fused-ring (bicyclic) bond motifs is 1. The fourth-order valence-electron chi connectivity index (χ4n) is 4.55. The number of hydrogen-bond acceptors (Lipinski definition) is 2. The van der Waals surface area contributed by atoms with Gasteiger partial charge in [-0.2, -0.15) is 0 Å². The summed E-state index contributed by atoms with van der Waals surface area (Å²) < 4.78 is 13.5. The molecular formula is C24H29FO3. The number of rotatable bonds is 8. The van der Waals surface area contributed by atoms with Crippen LogP contribution < -0.4 is 0 Å². The van der Waals surface area contributed by atoms with Crippen molar-refractivity contribution in [3.05, 3.63) is 63.5 Å². The van der Waals surface area contributed by atoms with Crippen LogP contribution in [0.4, 0.5) is 4.39 Å². The first-order chi connectivity index (χ1) is 13.4. The first-order valence-corrected chi connectivity index (χ1v) is 10.2. The van der Waals surface area contributed by atoms with Gasteiger partial charge in [0, 0.05) is 17.9 Å². The summed E-state index contributed by atoms with van der Waals surface area (Å²) in [4.78, 5) is 10.7. The van der Waals surface area contributed by atoms with Gasteiger partial charge in [-0.3, -0.25) is 4.79 Å². The number of phenols is 1. The average Bonchev–Trinajstić information content (AvgIpc) is 3.14. The Hall–Kier alpha value is -2.36. The molecule has 0 aromatic heterocycles. The van der Waals surface area contributed by atoms with Gasteiger partial charge in [-0.05, 0) is 85.9 Å². The van der Waals surface area contributed by atoms with Gasteiger partial charge in [0.2, 0.25) is 0 Å². The molecular weight excluding hydrogens is 355 g/mol. The minimum absolute atomic E-state index is 0.00317. The molecule has 0 spiro atoms. The van der Waals surface area contributed by atoms with Crippen molar-refractivity contribution < 1.29 is 19.4 Å². The van der Waals surface area contributed by atoms with E-state index < -0.39 is 5.97 Å². The number of halogens is 1. The van der Waals surface area contributed by atoms with Crippen molar-refractivity contribution >= 4 is 5.97 Å². The number of carboxylic acids is 1. The number of hydrogen-bond donors (Lipinski definition) is 2. The Morgan fingerprint density at radius 3 is 2.39 bits per heavy atom. The molecule has 3 nitrogen and oxygen atoms in total. The molecule has 0 radical (unpaired) electrons. The Bertz CT molecular complexity index is 855. The summed E-state index contributed by atoms with van der Waals surface area (Å²) in [7, 11) is 0. The Morgan fingerprint density at radius 1 is 1.04 bits per heavy atom. The normalized spacial score (nSPS) is 14.1. The van der Waals surface area contributed by atoms with Crippen molar-refractivity contribution in [2.45, 2.75) is 71.1 Å². The SMILES string of the molecule is Cc1c(C)c2c(c(C(CCCCCC(=O)O)c3ccc(F)cc3)c1O)CCC2. The van der Waals surface area contributed by atoms with Crippen LogP contribution in [-0.2, 0) is 17.6 Å². The monoisotopic (exact) mass is 384 g/mol. The van der Waals surface area contributed by atoms with Crippen LogP contribution in [0.2, 0.25) is 0 Å². The van der Waals surface area contributed by atoms with Crippen LogP contribution in [0.3, 0.4) is 0 Å². The summed E-state index contributed by atoms with van der Waals surface area (Å²) in [6.07, 6.45) is 6.47. The largest absolute Gasteiger partial charge is 0.507 e. The molecule has 0 saturated carbocycles. The lowest BCUT2D eigenvalue weighted by Gasteiger charge is -2.25. The number of unbranched alkanes of at least 4 members (excludes halogenated alkanes) is 2. The van der Waals surface area contributed by atoms with Crippen LogP contribution in [0.25, 0.3) is 0 Å². The molecule has 0 saturated heterocycles. The zero-order chi connectivity index (χ0) is 20.3. The summed E-state index contributed by atoms with van der Waals surface area (Å²) in [5.74, 6) is -0.659. The molecule has 1 atom stereocenters. The van der Waals surface area contributed by atoms with Crippen molar-refractivity contribution in [3.63, 3.8) is 0 Å². The third-order valence-corrected chi connectivity index (χ3v) is 6.17. The zero-order valence-electron chi connectivity index (χ0n) is 16.7. The molecule has 4 heteroatoms. The van der Waals surface area contributed by atoms with Crippen molar-refractivity contribution in [1.82, 2.24) is 0 Å². The van der Waals surface area contributed by atoms with Gasteiger partial charge in [-0.15, -0.1) is 0 Å². The minimum atomic E-state index is -0.764. The molecule has 0 bridgehead atoms. The third kappa shape index (κ3) is 4.21. The second-order valence-electron chi connectivity index (χ2n) is 7.92. The Kier molecular flexibility index (Phi) is 6.38.